The van der Waals surface area contributed by atoms with Crippen LogP contribution in [0.5, 0.6) is 0 Å². The predicted octanol–water partition coefficient (Wildman–Crippen LogP) is 14.3. The number of fused-ring (bicyclic) bond motifs is 4. The summed E-state index contributed by atoms with van der Waals surface area (Å²) in [5.41, 5.74) is 16.1. The molecule has 0 aliphatic carbocycles. The lowest BCUT2D eigenvalue weighted by atomic mass is 9.90. The van der Waals surface area contributed by atoms with E-state index in [9.17, 15) is 0 Å². The lowest BCUT2D eigenvalue weighted by Crippen LogP contribution is -2.49. The summed E-state index contributed by atoms with van der Waals surface area (Å²) >= 11 is 0. The van der Waals surface area contributed by atoms with E-state index < -0.39 is 8.07 Å². The van der Waals surface area contributed by atoms with Crippen molar-refractivity contribution < 1.29 is 0 Å². The highest BCUT2D eigenvalue weighted by Crippen LogP contribution is 2.39. The van der Waals surface area contributed by atoms with E-state index in [2.05, 4.69) is 242 Å². The molecule has 9 aromatic rings. The highest BCUT2D eigenvalue weighted by atomic mass is 28.3. The average Bonchev–Trinajstić information content (AvgIpc) is 3.51. The van der Waals surface area contributed by atoms with Crippen LogP contribution in [0.4, 0.5) is 17.1 Å². The molecule has 0 radical (unpaired) electrons. The van der Waals surface area contributed by atoms with Crippen LogP contribution in [-0.2, 0) is 0 Å². The molecular weight excluding hydrogens is 715 g/mol. The Balaban J connectivity index is 0.931. The van der Waals surface area contributed by atoms with Gasteiger partial charge in [0.15, 0.2) is 0 Å². The molecule has 1 aliphatic rings. The van der Waals surface area contributed by atoms with Crippen LogP contribution in [0.25, 0.3) is 67.4 Å². The van der Waals surface area contributed by atoms with E-state index in [0.29, 0.717) is 0 Å². The van der Waals surface area contributed by atoms with Crippen LogP contribution < -0.4 is 15.3 Å². The monoisotopic (exact) mass is 757 g/mol. The van der Waals surface area contributed by atoms with E-state index in [0.717, 1.165) is 11.4 Å². The van der Waals surface area contributed by atoms with Gasteiger partial charge in [-0.1, -0.05) is 189 Å². The Hall–Kier alpha value is -7.00. The van der Waals surface area contributed by atoms with Gasteiger partial charge in [0.25, 0.3) is 0 Å². The van der Waals surface area contributed by atoms with Gasteiger partial charge in [0, 0.05) is 17.1 Å². The number of hydrogen-bond donors (Lipinski definition) is 0. The van der Waals surface area contributed by atoms with Gasteiger partial charge in [0.2, 0.25) is 0 Å². The Bertz CT molecular complexity index is 2890. The Labute approximate surface area is 342 Å². The third-order valence-corrected chi connectivity index (χ3v) is 15.4. The molecule has 276 valence electrons. The molecule has 0 atom stereocenters. The molecule has 0 saturated carbocycles. The van der Waals surface area contributed by atoms with Crippen LogP contribution in [-0.4, -0.2) is 8.07 Å². The summed E-state index contributed by atoms with van der Waals surface area (Å²) in [6.07, 6.45) is 4.53. The molecule has 0 bridgehead atoms. The zero-order valence-electron chi connectivity index (χ0n) is 32.8. The third kappa shape index (κ3) is 6.58. The first-order chi connectivity index (χ1) is 28.5. The molecule has 0 spiro atoms. The van der Waals surface area contributed by atoms with Gasteiger partial charge in [-0.2, -0.15) is 0 Å². The zero-order chi connectivity index (χ0) is 39.1. The summed E-state index contributed by atoms with van der Waals surface area (Å²) in [7, 11) is -1.98. The SMILES string of the molecule is C[Si]1(C)c2cc(/C=C/c3ccc(-c4cc5ccccc5cc4-c4ccc(-c5ccccc5)cc4)cc3)ccc2-c2ccc(N(c3ccccc3)c3ccccc3)cc21. The molecule has 2 heteroatoms. The Kier molecular flexibility index (Phi) is 9.05. The maximum atomic E-state index is 2.50. The van der Waals surface area contributed by atoms with Crippen LogP contribution in [0.1, 0.15) is 11.1 Å². The fourth-order valence-corrected chi connectivity index (χ4v) is 11.9. The molecule has 0 amide bonds. The Morgan fingerprint density at radius 1 is 0.328 bits per heavy atom. The first-order valence-electron chi connectivity index (χ1n) is 20.2. The van der Waals surface area contributed by atoms with Crippen molar-refractivity contribution in [1.29, 1.82) is 0 Å². The molecule has 58 heavy (non-hydrogen) atoms. The number of anilines is 3. The third-order valence-electron chi connectivity index (χ3n) is 11.8. The second kappa shape index (κ2) is 14.8. The molecule has 0 unspecified atom stereocenters. The summed E-state index contributed by atoms with van der Waals surface area (Å²) in [6, 6.07) is 77.5. The number of para-hydroxylation sites is 2. The largest absolute Gasteiger partial charge is 0.311 e. The maximum absolute atomic E-state index is 2.50. The second-order valence-corrected chi connectivity index (χ2v) is 20.1. The van der Waals surface area contributed by atoms with Gasteiger partial charge >= 0.3 is 0 Å². The molecule has 9 aromatic carbocycles. The second-order valence-electron chi connectivity index (χ2n) is 15.8. The Morgan fingerprint density at radius 2 is 0.759 bits per heavy atom. The molecule has 1 aliphatic heterocycles. The fraction of sp³-hybridized carbons (Fsp3) is 0.0357. The zero-order valence-corrected chi connectivity index (χ0v) is 33.8. The van der Waals surface area contributed by atoms with E-state index in [1.54, 1.807) is 0 Å². The minimum Gasteiger partial charge on any atom is -0.311 e. The topological polar surface area (TPSA) is 3.24 Å². The van der Waals surface area contributed by atoms with Crippen molar-refractivity contribution in [2.75, 3.05) is 4.90 Å². The number of hydrogen-bond acceptors (Lipinski definition) is 1. The van der Waals surface area contributed by atoms with E-state index in [1.807, 2.05) is 0 Å². The normalized spacial score (nSPS) is 12.7. The van der Waals surface area contributed by atoms with Crippen LogP contribution >= 0.6 is 0 Å². The molecule has 0 saturated heterocycles. The number of nitrogens with zero attached hydrogens (tertiary/aromatic N) is 1. The van der Waals surface area contributed by atoms with Gasteiger partial charge in [-0.3, -0.25) is 0 Å². The van der Waals surface area contributed by atoms with Crippen molar-refractivity contribution in [1.82, 2.24) is 0 Å². The Morgan fingerprint density at radius 3 is 1.34 bits per heavy atom. The summed E-state index contributed by atoms with van der Waals surface area (Å²) in [5, 5.41) is 5.49. The van der Waals surface area contributed by atoms with Crippen LogP contribution in [0.3, 0.4) is 0 Å². The van der Waals surface area contributed by atoms with E-state index in [4.69, 9.17) is 0 Å². The molecule has 1 nitrogen and oxygen atoms in total. The van der Waals surface area contributed by atoms with E-state index in [1.165, 1.54) is 82.5 Å². The van der Waals surface area contributed by atoms with Crippen LogP contribution in [0.2, 0.25) is 13.1 Å². The van der Waals surface area contributed by atoms with Crippen LogP contribution in [0.15, 0.2) is 212 Å². The first-order valence-corrected chi connectivity index (χ1v) is 23.2. The summed E-state index contributed by atoms with van der Waals surface area (Å²) in [6.45, 7) is 5.00. The molecule has 1 heterocycles. The van der Waals surface area contributed by atoms with Crippen molar-refractivity contribution >= 4 is 58.4 Å². The minimum atomic E-state index is -1.98. The standard InChI is InChI=1S/C56H43NSi/c1-58(2)55-36-41(26-34-51(55)52-35-33-50(39-56(52)58)57(48-18-8-4-9-19-48)49-20-10-5-11-21-49)23-22-40-24-27-44(28-25-40)53-37-46-16-12-13-17-47(46)38-54(53)45-31-29-43(30-32-45)42-14-6-3-7-15-42/h3-39H,1-2H3/b23-22+. The van der Waals surface area contributed by atoms with Gasteiger partial charge in [0.05, 0.1) is 0 Å². The maximum Gasteiger partial charge on any atom is 0.113 e. The van der Waals surface area contributed by atoms with Crippen molar-refractivity contribution in [3.63, 3.8) is 0 Å². The van der Waals surface area contributed by atoms with Crippen molar-refractivity contribution in [2.45, 2.75) is 13.1 Å². The lowest BCUT2D eigenvalue weighted by Gasteiger charge is -2.27. The minimum absolute atomic E-state index is 1.16. The summed E-state index contributed by atoms with van der Waals surface area (Å²) in [5.74, 6) is 0. The molecule has 0 N–H and O–H groups in total. The van der Waals surface area contributed by atoms with Crippen molar-refractivity contribution in [2.24, 2.45) is 0 Å². The summed E-state index contributed by atoms with van der Waals surface area (Å²) < 4.78 is 0. The predicted molar refractivity (Wildman–Crippen MR) is 252 cm³/mol. The summed E-state index contributed by atoms with van der Waals surface area (Å²) in [4.78, 5) is 2.37. The average molecular weight is 758 g/mol. The van der Waals surface area contributed by atoms with Gasteiger partial charge in [-0.15, -0.1) is 0 Å². The molecule has 0 aromatic heterocycles. The molecule has 10 rings (SSSR count). The van der Waals surface area contributed by atoms with Crippen molar-refractivity contribution in [3.05, 3.63) is 223 Å². The number of benzene rings is 9. The van der Waals surface area contributed by atoms with Crippen molar-refractivity contribution in [3.8, 4) is 44.5 Å². The fourth-order valence-electron chi connectivity index (χ4n) is 8.74. The highest BCUT2D eigenvalue weighted by Gasteiger charge is 2.38. The smallest absolute Gasteiger partial charge is 0.113 e. The van der Waals surface area contributed by atoms with Gasteiger partial charge in [0.1, 0.15) is 8.07 Å². The van der Waals surface area contributed by atoms with Gasteiger partial charge in [-0.05, 0) is 125 Å². The van der Waals surface area contributed by atoms with Crippen LogP contribution in [0, 0.1) is 0 Å². The van der Waals surface area contributed by atoms with E-state index >= 15 is 0 Å². The molecule has 0 fully saturated rings. The van der Waals surface area contributed by atoms with Gasteiger partial charge < -0.3 is 4.90 Å². The lowest BCUT2D eigenvalue weighted by molar-refractivity contribution is 1.29. The number of rotatable bonds is 8. The van der Waals surface area contributed by atoms with E-state index in [-0.39, 0.29) is 0 Å². The quantitative estimate of drug-likeness (QED) is 0.110. The highest BCUT2D eigenvalue weighted by molar-refractivity contribution is 7.03. The van der Waals surface area contributed by atoms with Gasteiger partial charge in [-0.25, -0.2) is 0 Å². The molecular formula is C56H43NSi. The first kappa shape index (κ1) is 35.4.